The van der Waals surface area contributed by atoms with Gasteiger partial charge in [0, 0.05) is 43.9 Å². The Morgan fingerprint density at radius 2 is 2.04 bits per heavy atom. The molecule has 1 aromatic carbocycles. The predicted molar refractivity (Wildman–Crippen MR) is 91.9 cm³/mol. The standard InChI is InChI=1S/C19H23N3O2/c23-18(17-6-5-15-3-1-4-16(15)13-17)7-8-19(24)21-9-2-11-22-12-10-20-14-22/h5-6,10,12-14H,1-4,7-9,11H2,(H,21,24). The van der Waals surface area contributed by atoms with Gasteiger partial charge in [-0.3, -0.25) is 9.59 Å². The van der Waals surface area contributed by atoms with Crippen LogP contribution in [0.2, 0.25) is 0 Å². The Morgan fingerprint density at radius 3 is 2.88 bits per heavy atom. The molecule has 1 aliphatic rings. The molecule has 1 aromatic heterocycles. The lowest BCUT2D eigenvalue weighted by molar-refractivity contribution is -0.121. The summed E-state index contributed by atoms with van der Waals surface area (Å²) in [5.41, 5.74) is 3.40. The molecule has 0 bridgehead atoms. The van der Waals surface area contributed by atoms with Gasteiger partial charge in [-0.1, -0.05) is 12.1 Å². The Labute approximate surface area is 142 Å². The molecule has 0 saturated heterocycles. The number of carbonyl (C=O) groups excluding carboxylic acids is 2. The minimum atomic E-state index is -0.0601. The number of amides is 1. The molecule has 0 aliphatic heterocycles. The van der Waals surface area contributed by atoms with Crippen molar-refractivity contribution in [3.8, 4) is 0 Å². The maximum Gasteiger partial charge on any atom is 0.220 e. The Hall–Kier alpha value is -2.43. The van der Waals surface area contributed by atoms with E-state index in [9.17, 15) is 9.59 Å². The van der Waals surface area contributed by atoms with E-state index in [1.54, 1.807) is 12.5 Å². The molecule has 24 heavy (non-hydrogen) atoms. The van der Waals surface area contributed by atoms with Crippen LogP contribution in [0, 0.1) is 0 Å². The Morgan fingerprint density at radius 1 is 1.17 bits per heavy atom. The van der Waals surface area contributed by atoms with Crippen molar-refractivity contribution in [2.75, 3.05) is 6.54 Å². The minimum Gasteiger partial charge on any atom is -0.356 e. The maximum atomic E-state index is 12.2. The Balaban J connectivity index is 1.37. The summed E-state index contributed by atoms with van der Waals surface area (Å²) in [7, 11) is 0. The smallest absolute Gasteiger partial charge is 0.220 e. The summed E-state index contributed by atoms with van der Waals surface area (Å²) < 4.78 is 1.98. The molecule has 5 heteroatoms. The van der Waals surface area contributed by atoms with E-state index in [4.69, 9.17) is 0 Å². The third kappa shape index (κ3) is 4.31. The molecule has 1 heterocycles. The van der Waals surface area contributed by atoms with Gasteiger partial charge in [-0.25, -0.2) is 4.98 Å². The predicted octanol–water partition coefficient (Wildman–Crippen LogP) is 2.54. The van der Waals surface area contributed by atoms with Gasteiger partial charge >= 0.3 is 0 Å². The monoisotopic (exact) mass is 325 g/mol. The van der Waals surface area contributed by atoms with Crippen LogP contribution >= 0.6 is 0 Å². The van der Waals surface area contributed by atoms with Crippen LogP contribution in [0.4, 0.5) is 0 Å². The van der Waals surface area contributed by atoms with Gasteiger partial charge in [-0.2, -0.15) is 0 Å². The third-order valence-corrected chi connectivity index (χ3v) is 4.47. The average molecular weight is 325 g/mol. The number of rotatable bonds is 8. The van der Waals surface area contributed by atoms with Crippen molar-refractivity contribution in [1.29, 1.82) is 0 Å². The van der Waals surface area contributed by atoms with Crippen LogP contribution in [0.25, 0.3) is 0 Å². The average Bonchev–Trinajstić information content (AvgIpc) is 3.27. The van der Waals surface area contributed by atoms with Crippen molar-refractivity contribution in [2.24, 2.45) is 0 Å². The number of aromatic nitrogens is 2. The first-order chi connectivity index (χ1) is 11.7. The lowest BCUT2D eigenvalue weighted by Gasteiger charge is -2.06. The molecule has 1 amide bonds. The summed E-state index contributed by atoms with van der Waals surface area (Å²) in [4.78, 5) is 28.1. The SMILES string of the molecule is O=C(CCC(=O)c1ccc2c(c1)CCC2)NCCCn1ccnc1. The lowest BCUT2D eigenvalue weighted by atomic mass is 10.0. The van der Waals surface area contributed by atoms with Crippen LogP contribution in [0.3, 0.4) is 0 Å². The summed E-state index contributed by atoms with van der Waals surface area (Å²) in [5.74, 6) is -0.00610. The van der Waals surface area contributed by atoms with E-state index >= 15 is 0 Å². The molecule has 1 N–H and O–H groups in total. The first-order valence-electron chi connectivity index (χ1n) is 8.60. The van der Waals surface area contributed by atoms with E-state index in [1.807, 2.05) is 22.9 Å². The molecule has 0 saturated carbocycles. The van der Waals surface area contributed by atoms with Crippen LogP contribution in [0.5, 0.6) is 0 Å². The molecular weight excluding hydrogens is 302 g/mol. The highest BCUT2D eigenvalue weighted by Crippen LogP contribution is 2.23. The number of imidazole rings is 1. The zero-order valence-electron chi connectivity index (χ0n) is 13.8. The van der Waals surface area contributed by atoms with Crippen molar-refractivity contribution < 1.29 is 9.59 Å². The van der Waals surface area contributed by atoms with Crippen LogP contribution < -0.4 is 5.32 Å². The second-order valence-electron chi connectivity index (χ2n) is 6.26. The highest BCUT2D eigenvalue weighted by atomic mass is 16.2. The number of nitrogens with zero attached hydrogens (tertiary/aromatic N) is 2. The number of hydrogen-bond donors (Lipinski definition) is 1. The molecule has 0 fully saturated rings. The number of Topliss-reactive ketones (excluding diaryl/α,β-unsaturated/α-hetero) is 1. The number of ketones is 1. The summed E-state index contributed by atoms with van der Waals surface area (Å²) >= 11 is 0. The molecule has 0 spiro atoms. The Kier molecular flexibility index (Phi) is 5.41. The number of benzene rings is 1. The van der Waals surface area contributed by atoms with E-state index in [-0.39, 0.29) is 24.5 Å². The van der Waals surface area contributed by atoms with E-state index in [0.717, 1.165) is 31.4 Å². The van der Waals surface area contributed by atoms with Crippen molar-refractivity contribution >= 4 is 11.7 Å². The first kappa shape index (κ1) is 16.4. The van der Waals surface area contributed by atoms with Gasteiger partial charge in [0.05, 0.1) is 6.33 Å². The normalized spacial score (nSPS) is 12.8. The van der Waals surface area contributed by atoms with Crippen LogP contribution in [-0.2, 0) is 24.2 Å². The largest absolute Gasteiger partial charge is 0.356 e. The second kappa shape index (κ2) is 7.90. The maximum absolute atomic E-state index is 12.2. The van der Waals surface area contributed by atoms with Gasteiger partial charge in [0.2, 0.25) is 5.91 Å². The van der Waals surface area contributed by atoms with Gasteiger partial charge in [0.1, 0.15) is 0 Å². The third-order valence-electron chi connectivity index (χ3n) is 4.47. The van der Waals surface area contributed by atoms with E-state index in [2.05, 4.69) is 16.4 Å². The summed E-state index contributed by atoms with van der Waals surface area (Å²) in [6, 6.07) is 5.97. The first-order valence-corrected chi connectivity index (χ1v) is 8.60. The highest BCUT2D eigenvalue weighted by Gasteiger charge is 2.14. The minimum absolute atomic E-state index is 0.0539. The molecule has 126 valence electrons. The molecule has 2 aromatic rings. The van der Waals surface area contributed by atoms with Gasteiger partial charge in [-0.15, -0.1) is 0 Å². The van der Waals surface area contributed by atoms with Crippen molar-refractivity contribution in [1.82, 2.24) is 14.9 Å². The van der Waals surface area contributed by atoms with Crippen LogP contribution in [0.1, 0.15) is 47.2 Å². The zero-order chi connectivity index (χ0) is 16.8. The number of hydrogen-bond acceptors (Lipinski definition) is 3. The molecule has 0 radical (unpaired) electrons. The van der Waals surface area contributed by atoms with Crippen molar-refractivity contribution in [3.63, 3.8) is 0 Å². The second-order valence-corrected chi connectivity index (χ2v) is 6.26. The van der Waals surface area contributed by atoms with Crippen molar-refractivity contribution in [3.05, 3.63) is 53.6 Å². The number of nitrogens with one attached hydrogen (secondary N) is 1. The fraction of sp³-hybridized carbons (Fsp3) is 0.421. The number of fused-ring (bicyclic) bond motifs is 1. The quantitative estimate of drug-likeness (QED) is 0.599. The lowest BCUT2D eigenvalue weighted by Crippen LogP contribution is -2.25. The topological polar surface area (TPSA) is 64.0 Å². The van der Waals surface area contributed by atoms with Crippen LogP contribution in [0.15, 0.2) is 36.9 Å². The van der Waals surface area contributed by atoms with Gasteiger partial charge in [0.15, 0.2) is 5.78 Å². The van der Waals surface area contributed by atoms with Gasteiger partial charge < -0.3 is 9.88 Å². The molecular formula is C19H23N3O2. The summed E-state index contributed by atoms with van der Waals surface area (Å²) in [6.45, 7) is 1.44. The zero-order valence-corrected chi connectivity index (χ0v) is 13.8. The van der Waals surface area contributed by atoms with E-state index < -0.39 is 0 Å². The number of aryl methyl sites for hydroxylation is 3. The van der Waals surface area contributed by atoms with E-state index in [1.165, 1.54) is 17.5 Å². The Bertz CT molecular complexity index is 707. The summed E-state index contributed by atoms with van der Waals surface area (Å²) in [6.07, 6.45) is 10.1. The summed E-state index contributed by atoms with van der Waals surface area (Å²) in [5, 5.41) is 2.87. The van der Waals surface area contributed by atoms with Gasteiger partial charge in [0.25, 0.3) is 0 Å². The van der Waals surface area contributed by atoms with E-state index in [0.29, 0.717) is 6.54 Å². The van der Waals surface area contributed by atoms with Crippen molar-refractivity contribution in [2.45, 2.75) is 45.1 Å². The molecule has 3 rings (SSSR count). The molecule has 0 atom stereocenters. The molecule has 1 aliphatic carbocycles. The molecule has 0 unspecified atom stereocenters. The van der Waals surface area contributed by atoms with Gasteiger partial charge in [-0.05, 0) is 42.9 Å². The fourth-order valence-corrected chi connectivity index (χ4v) is 3.11. The highest BCUT2D eigenvalue weighted by molar-refractivity contribution is 5.98. The van der Waals surface area contributed by atoms with Crippen LogP contribution in [-0.4, -0.2) is 27.8 Å². The number of carbonyl (C=O) groups is 2. The fourth-order valence-electron chi connectivity index (χ4n) is 3.11. The molecule has 5 nitrogen and oxygen atoms in total.